The van der Waals surface area contributed by atoms with Crippen LogP contribution in [0.2, 0.25) is 0 Å². The van der Waals surface area contributed by atoms with Crippen molar-refractivity contribution in [3.63, 3.8) is 0 Å². The van der Waals surface area contributed by atoms with E-state index in [1.54, 1.807) is 0 Å². The van der Waals surface area contributed by atoms with E-state index < -0.39 is 0 Å². The Bertz CT molecular complexity index is 614. The first-order valence-corrected chi connectivity index (χ1v) is 5.97. The van der Waals surface area contributed by atoms with Crippen molar-refractivity contribution in [1.29, 1.82) is 0 Å². The van der Waals surface area contributed by atoms with Gasteiger partial charge in [-0.1, -0.05) is 48.4 Å². The van der Waals surface area contributed by atoms with Gasteiger partial charge in [-0.25, -0.2) is 0 Å². The highest BCUT2D eigenvalue weighted by atomic mass is 14.2. The Morgan fingerprint density at radius 3 is 2.65 bits per heavy atom. The smallest absolute Gasteiger partial charge is 0.0424 e. The Morgan fingerprint density at radius 2 is 1.82 bits per heavy atom. The lowest BCUT2D eigenvalue weighted by molar-refractivity contribution is 0.978. The molecule has 1 atom stereocenters. The van der Waals surface area contributed by atoms with Gasteiger partial charge in [-0.05, 0) is 41.2 Å². The standard InChI is InChI=1S/C17H14/c1-3-12(2)14-9-6-10-16-15-8-5-4-7-13(15)11-17(14)16/h1,4-10,12H,11H2,2H3. The van der Waals surface area contributed by atoms with E-state index in [0.717, 1.165) is 6.42 Å². The third kappa shape index (κ3) is 1.47. The van der Waals surface area contributed by atoms with Crippen molar-refractivity contribution in [1.82, 2.24) is 0 Å². The van der Waals surface area contributed by atoms with Gasteiger partial charge in [0.15, 0.2) is 0 Å². The summed E-state index contributed by atoms with van der Waals surface area (Å²) in [6.45, 7) is 2.10. The molecule has 0 aromatic heterocycles. The number of terminal acetylenes is 1. The van der Waals surface area contributed by atoms with E-state index in [4.69, 9.17) is 6.42 Å². The molecule has 0 bridgehead atoms. The van der Waals surface area contributed by atoms with Gasteiger partial charge in [0, 0.05) is 5.92 Å². The molecular formula is C17H14. The highest BCUT2D eigenvalue weighted by Gasteiger charge is 2.21. The Balaban J connectivity index is 2.21. The molecule has 0 aliphatic heterocycles. The first kappa shape index (κ1) is 10.2. The average molecular weight is 218 g/mol. The number of fused-ring (bicyclic) bond motifs is 3. The molecule has 3 rings (SSSR count). The molecule has 0 saturated carbocycles. The maximum Gasteiger partial charge on any atom is 0.0424 e. The van der Waals surface area contributed by atoms with Gasteiger partial charge >= 0.3 is 0 Å². The topological polar surface area (TPSA) is 0 Å². The zero-order chi connectivity index (χ0) is 11.8. The van der Waals surface area contributed by atoms with Crippen molar-refractivity contribution in [2.24, 2.45) is 0 Å². The average Bonchev–Trinajstić information content (AvgIpc) is 2.76. The molecule has 2 aromatic carbocycles. The zero-order valence-electron chi connectivity index (χ0n) is 9.90. The Kier molecular flexibility index (Phi) is 2.27. The minimum atomic E-state index is 0.194. The van der Waals surface area contributed by atoms with Gasteiger partial charge < -0.3 is 0 Å². The summed E-state index contributed by atoms with van der Waals surface area (Å²) in [6.07, 6.45) is 6.57. The monoisotopic (exact) mass is 218 g/mol. The fraction of sp³-hybridized carbons (Fsp3) is 0.176. The van der Waals surface area contributed by atoms with Crippen molar-refractivity contribution in [2.45, 2.75) is 19.3 Å². The fourth-order valence-corrected chi connectivity index (χ4v) is 2.68. The van der Waals surface area contributed by atoms with Gasteiger partial charge in [0.25, 0.3) is 0 Å². The van der Waals surface area contributed by atoms with E-state index in [2.05, 4.69) is 55.3 Å². The SMILES string of the molecule is C#CC(C)c1cccc2c1Cc1ccccc1-2. The van der Waals surface area contributed by atoms with Crippen molar-refractivity contribution in [2.75, 3.05) is 0 Å². The second kappa shape index (κ2) is 3.79. The first-order valence-electron chi connectivity index (χ1n) is 5.97. The lowest BCUT2D eigenvalue weighted by Crippen LogP contribution is -1.96. The van der Waals surface area contributed by atoms with Crippen LogP contribution in [0.5, 0.6) is 0 Å². The molecule has 0 heterocycles. The molecule has 0 amide bonds. The van der Waals surface area contributed by atoms with Crippen LogP contribution in [0.25, 0.3) is 11.1 Å². The molecule has 0 nitrogen and oxygen atoms in total. The Labute approximate surface area is 102 Å². The van der Waals surface area contributed by atoms with E-state index in [1.807, 2.05) is 0 Å². The van der Waals surface area contributed by atoms with E-state index in [-0.39, 0.29) is 5.92 Å². The summed E-state index contributed by atoms with van der Waals surface area (Å²) in [4.78, 5) is 0. The maximum atomic E-state index is 5.55. The largest absolute Gasteiger partial charge is 0.119 e. The van der Waals surface area contributed by atoms with Crippen LogP contribution in [0.1, 0.15) is 29.5 Å². The molecule has 82 valence electrons. The van der Waals surface area contributed by atoms with Gasteiger partial charge in [-0.2, -0.15) is 0 Å². The summed E-state index contributed by atoms with van der Waals surface area (Å²) in [7, 11) is 0. The number of hydrogen-bond donors (Lipinski definition) is 0. The molecule has 0 heteroatoms. The van der Waals surface area contributed by atoms with Crippen LogP contribution in [0.15, 0.2) is 42.5 Å². The van der Waals surface area contributed by atoms with Gasteiger partial charge in [-0.15, -0.1) is 6.42 Å². The molecule has 1 aliphatic carbocycles. The summed E-state index contributed by atoms with van der Waals surface area (Å²) in [5.74, 6) is 3.03. The summed E-state index contributed by atoms with van der Waals surface area (Å²) < 4.78 is 0. The normalized spacial score (nSPS) is 13.6. The van der Waals surface area contributed by atoms with Crippen LogP contribution in [0, 0.1) is 12.3 Å². The van der Waals surface area contributed by atoms with E-state index in [9.17, 15) is 0 Å². The zero-order valence-corrected chi connectivity index (χ0v) is 9.90. The van der Waals surface area contributed by atoms with Crippen LogP contribution in [0.3, 0.4) is 0 Å². The molecule has 0 fully saturated rings. The molecule has 17 heavy (non-hydrogen) atoms. The second-order valence-electron chi connectivity index (χ2n) is 4.60. The van der Waals surface area contributed by atoms with Crippen LogP contribution in [-0.2, 0) is 6.42 Å². The van der Waals surface area contributed by atoms with Gasteiger partial charge in [0.05, 0.1) is 0 Å². The molecule has 0 N–H and O–H groups in total. The highest BCUT2D eigenvalue weighted by molar-refractivity contribution is 5.78. The van der Waals surface area contributed by atoms with Gasteiger partial charge in [-0.3, -0.25) is 0 Å². The Morgan fingerprint density at radius 1 is 1.06 bits per heavy atom. The predicted octanol–water partition coefficient (Wildman–Crippen LogP) is 3.99. The van der Waals surface area contributed by atoms with Crippen molar-refractivity contribution >= 4 is 0 Å². The molecule has 0 saturated heterocycles. The summed E-state index contributed by atoms with van der Waals surface area (Å²) in [5, 5.41) is 0. The Hall–Kier alpha value is -2.00. The van der Waals surface area contributed by atoms with Crippen LogP contribution in [-0.4, -0.2) is 0 Å². The summed E-state index contributed by atoms with van der Waals surface area (Å²) >= 11 is 0. The van der Waals surface area contributed by atoms with Crippen LogP contribution in [0.4, 0.5) is 0 Å². The molecule has 1 unspecified atom stereocenters. The predicted molar refractivity (Wildman–Crippen MR) is 71.9 cm³/mol. The summed E-state index contributed by atoms with van der Waals surface area (Å²) in [5.41, 5.74) is 6.87. The van der Waals surface area contributed by atoms with Crippen molar-refractivity contribution in [3.8, 4) is 23.5 Å². The minimum Gasteiger partial charge on any atom is -0.119 e. The number of benzene rings is 2. The lowest BCUT2D eigenvalue weighted by atomic mass is 9.93. The third-order valence-electron chi connectivity index (χ3n) is 3.60. The van der Waals surface area contributed by atoms with Crippen LogP contribution < -0.4 is 0 Å². The quantitative estimate of drug-likeness (QED) is 0.542. The third-order valence-corrected chi connectivity index (χ3v) is 3.60. The van der Waals surface area contributed by atoms with Gasteiger partial charge in [0.1, 0.15) is 0 Å². The molecule has 1 aliphatic rings. The first-order chi connectivity index (χ1) is 8.31. The molecule has 0 spiro atoms. The number of rotatable bonds is 1. The minimum absolute atomic E-state index is 0.194. The maximum absolute atomic E-state index is 5.55. The number of hydrogen-bond acceptors (Lipinski definition) is 0. The summed E-state index contributed by atoms with van der Waals surface area (Å²) in [6, 6.07) is 15.1. The van der Waals surface area contributed by atoms with E-state index >= 15 is 0 Å². The van der Waals surface area contributed by atoms with Crippen LogP contribution >= 0.6 is 0 Å². The van der Waals surface area contributed by atoms with Crippen molar-refractivity contribution < 1.29 is 0 Å². The molecule has 0 radical (unpaired) electrons. The second-order valence-corrected chi connectivity index (χ2v) is 4.60. The van der Waals surface area contributed by atoms with E-state index in [1.165, 1.54) is 27.8 Å². The molecule has 2 aromatic rings. The molecular weight excluding hydrogens is 204 g/mol. The lowest BCUT2D eigenvalue weighted by Gasteiger charge is -2.10. The van der Waals surface area contributed by atoms with Gasteiger partial charge in [0.2, 0.25) is 0 Å². The van der Waals surface area contributed by atoms with E-state index in [0.29, 0.717) is 0 Å². The highest BCUT2D eigenvalue weighted by Crippen LogP contribution is 2.39. The fourth-order valence-electron chi connectivity index (χ4n) is 2.68. The van der Waals surface area contributed by atoms with Crippen molar-refractivity contribution in [3.05, 3.63) is 59.2 Å².